The van der Waals surface area contributed by atoms with Crippen molar-refractivity contribution in [2.75, 3.05) is 0 Å². The smallest absolute Gasteiger partial charge is 0.331 e. The lowest BCUT2D eigenvalue weighted by molar-refractivity contribution is 0.0551. The van der Waals surface area contributed by atoms with E-state index in [0.29, 0.717) is 10.9 Å². The Morgan fingerprint density at radius 3 is 2.61 bits per heavy atom. The maximum atomic E-state index is 13.7. The van der Waals surface area contributed by atoms with Gasteiger partial charge >= 0.3 is 11.3 Å². The van der Waals surface area contributed by atoms with E-state index >= 15 is 0 Å². The van der Waals surface area contributed by atoms with Crippen molar-refractivity contribution in [2.45, 2.75) is 10.7 Å². The van der Waals surface area contributed by atoms with Gasteiger partial charge < -0.3 is 4.52 Å². The molecule has 0 fully saturated rings. The van der Waals surface area contributed by atoms with E-state index < -0.39 is 17.1 Å². The summed E-state index contributed by atoms with van der Waals surface area (Å²) in [6, 6.07) is 4.24. The van der Waals surface area contributed by atoms with Crippen LogP contribution in [0, 0.1) is 5.82 Å². The van der Waals surface area contributed by atoms with Crippen LogP contribution in [0.15, 0.2) is 22.7 Å². The molecule has 0 atom stereocenters. The number of rotatable bonds is 3. The number of alkyl halides is 4. The molecule has 0 unspecified atom stereocenters. The number of halogens is 5. The molecule has 1 aromatic carbocycles. The van der Waals surface area contributed by atoms with Gasteiger partial charge in [-0.3, -0.25) is 0 Å². The summed E-state index contributed by atoms with van der Waals surface area (Å²) < 4.78 is 43.3. The molecule has 3 nitrogen and oxygen atoms in total. The summed E-state index contributed by atoms with van der Waals surface area (Å²) in [5.74, 6) is -1.97. The molecular formula is C10H5BrClF3N2O. The molecule has 0 radical (unpaired) electrons. The van der Waals surface area contributed by atoms with Crippen molar-refractivity contribution < 1.29 is 17.7 Å². The minimum Gasteiger partial charge on any atom is -0.331 e. The molecule has 8 heteroatoms. The minimum atomic E-state index is -3.77. The molecule has 0 aliphatic carbocycles. The highest BCUT2D eigenvalue weighted by molar-refractivity contribution is 9.08. The van der Waals surface area contributed by atoms with Crippen molar-refractivity contribution in [3.63, 3.8) is 0 Å². The molecule has 0 spiro atoms. The zero-order chi connectivity index (χ0) is 13.3. The molecule has 18 heavy (non-hydrogen) atoms. The molecule has 0 bridgehead atoms. The summed E-state index contributed by atoms with van der Waals surface area (Å²) in [6.45, 7) is 0. The van der Waals surface area contributed by atoms with Crippen LogP contribution in [0.4, 0.5) is 13.2 Å². The summed E-state index contributed by atoms with van der Waals surface area (Å²) in [5.41, 5.74) is 0.665. The Hall–Kier alpha value is -1.08. The maximum Gasteiger partial charge on any atom is 0.400 e. The van der Waals surface area contributed by atoms with E-state index in [9.17, 15) is 13.2 Å². The normalized spacial score (nSPS) is 11.8. The Balaban J connectivity index is 2.40. The first kappa shape index (κ1) is 13.4. The minimum absolute atomic E-state index is 0.0318. The molecular weight excluding hydrogens is 336 g/mol. The van der Waals surface area contributed by atoms with Crippen LogP contribution >= 0.6 is 27.5 Å². The third-order valence-electron chi connectivity index (χ3n) is 2.10. The molecule has 1 aromatic heterocycles. The van der Waals surface area contributed by atoms with Gasteiger partial charge in [0.2, 0.25) is 5.82 Å². The van der Waals surface area contributed by atoms with Crippen LogP contribution in [0.5, 0.6) is 0 Å². The van der Waals surface area contributed by atoms with Crippen LogP contribution in [0.3, 0.4) is 0 Å². The Morgan fingerprint density at radius 2 is 2.11 bits per heavy atom. The summed E-state index contributed by atoms with van der Waals surface area (Å²) in [5, 5.41) is -0.0257. The topological polar surface area (TPSA) is 38.9 Å². The van der Waals surface area contributed by atoms with Gasteiger partial charge in [0.05, 0.1) is 5.56 Å². The van der Waals surface area contributed by atoms with Crippen molar-refractivity contribution >= 4 is 27.5 Å². The molecule has 96 valence electrons. The van der Waals surface area contributed by atoms with Gasteiger partial charge in [-0.15, -0.1) is 0 Å². The van der Waals surface area contributed by atoms with Crippen LogP contribution < -0.4 is 0 Å². The first-order valence-electron chi connectivity index (χ1n) is 4.67. The molecule has 0 saturated heterocycles. The summed E-state index contributed by atoms with van der Waals surface area (Å²) in [4.78, 5) is 3.36. The second-order valence-electron chi connectivity index (χ2n) is 3.37. The van der Waals surface area contributed by atoms with Crippen molar-refractivity contribution in [1.29, 1.82) is 0 Å². The van der Waals surface area contributed by atoms with E-state index in [-0.39, 0.29) is 11.4 Å². The lowest BCUT2D eigenvalue weighted by Crippen LogP contribution is -2.03. The van der Waals surface area contributed by atoms with Crippen LogP contribution in [0.1, 0.15) is 11.5 Å². The lowest BCUT2D eigenvalue weighted by Gasteiger charge is -2.00. The Labute approximate surface area is 113 Å². The van der Waals surface area contributed by atoms with Crippen molar-refractivity contribution in [1.82, 2.24) is 10.1 Å². The SMILES string of the molecule is Fc1cc(CBr)ccc1-c1noc(C(F)(F)Cl)n1. The number of aromatic nitrogens is 2. The summed E-state index contributed by atoms with van der Waals surface area (Å²) in [6.07, 6.45) is 0. The Bertz CT molecular complexity index is 570. The van der Waals surface area contributed by atoms with Gasteiger partial charge in [-0.1, -0.05) is 27.2 Å². The van der Waals surface area contributed by atoms with Gasteiger partial charge in [-0.2, -0.15) is 13.8 Å². The van der Waals surface area contributed by atoms with E-state index in [1.54, 1.807) is 6.07 Å². The number of hydrogen-bond acceptors (Lipinski definition) is 3. The average Bonchev–Trinajstić information content (AvgIpc) is 2.77. The van der Waals surface area contributed by atoms with E-state index in [1.807, 2.05) is 0 Å². The predicted octanol–water partition coefficient (Wildman–Crippen LogP) is 4.06. The first-order chi connectivity index (χ1) is 8.41. The molecule has 0 N–H and O–H groups in total. The Morgan fingerprint density at radius 1 is 1.39 bits per heavy atom. The summed E-state index contributed by atoms with van der Waals surface area (Å²) >= 11 is 7.89. The van der Waals surface area contributed by atoms with Gasteiger partial charge in [0.25, 0.3) is 0 Å². The highest BCUT2D eigenvalue weighted by atomic mass is 79.9. The number of benzene rings is 1. The van der Waals surface area contributed by atoms with E-state index in [2.05, 4.69) is 30.6 Å². The Kier molecular flexibility index (Phi) is 3.63. The van der Waals surface area contributed by atoms with Gasteiger partial charge in [-0.25, -0.2) is 4.39 Å². The first-order valence-corrected chi connectivity index (χ1v) is 6.17. The second kappa shape index (κ2) is 4.89. The van der Waals surface area contributed by atoms with Gasteiger partial charge in [-0.05, 0) is 29.3 Å². The molecule has 2 rings (SSSR count). The van der Waals surface area contributed by atoms with Crippen LogP contribution in [0.2, 0.25) is 0 Å². The second-order valence-corrected chi connectivity index (χ2v) is 4.40. The number of nitrogens with zero attached hydrogens (tertiary/aromatic N) is 2. The monoisotopic (exact) mass is 340 g/mol. The van der Waals surface area contributed by atoms with Crippen molar-refractivity contribution in [2.24, 2.45) is 0 Å². The van der Waals surface area contributed by atoms with Crippen LogP contribution in [-0.4, -0.2) is 10.1 Å². The number of hydrogen-bond donors (Lipinski definition) is 0. The zero-order valence-electron chi connectivity index (χ0n) is 8.63. The zero-order valence-corrected chi connectivity index (χ0v) is 11.0. The van der Waals surface area contributed by atoms with Crippen molar-refractivity contribution in [3.05, 3.63) is 35.5 Å². The van der Waals surface area contributed by atoms with E-state index in [1.165, 1.54) is 12.1 Å². The fourth-order valence-corrected chi connectivity index (χ4v) is 1.70. The van der Waals surface area contributed by atoms with Gasteiger partial charge in [0.15, 0.2) is 0 Å². The molecule has 0 aliphatic rings. The molecule has 0 amide bonds. The lowest BCUT2D eigenvalue weighted by atomic mass is 10.1. The highest BCUT2D eigenvalue weighted by Gasteiger charge is 2.36. The largest absolute Gasteiger partial charge is 0.400 e. The average molecular weight is 342 g/mol. The molecule has 0 aliphatic heterocycles. The molecule has 1 heterocycles. The third kappa shape index (κ3) is 2.67. The summed E-state index contributed by atoms with van der Waals surface area (Å²) in [7, 11) is 0. The van der Waals surface area contributed by atoms with Crippen LogP contribution in [0.25, 0.3) is 11.4 Å². The van der Waals surface area contributed by atoms with E-state index in [0.717, 1.165) is 0 Å². The quantitative estimate of drug-likeness (QED) is 0.790. The van der Waals surface area contributed by atoms with Crippen molar-refractivity contribution in [3.8, 4) is 11.4 Å². The van der Waals surface area contributed by atoms with Gasteiger partial charge in [0, 0.05) is 5.33 Å². The molecule has 2 aromatic rings. The van der Waals surface area contributed by atoms with Crippen LogP contribution in [-0.2, 0) is 10.7 Å². The van der Waals surface area contributed by atoms with E-state index in [4.69, 9.17) is 11.6 Å². The van der Waals surface area contributed by atoms with Gasteiger partial charge in [0.1, 0.15) is 5.82 Å². The third-order valence-corrected chi connectivity index (χ3v) is 2.91. The fraction of sp³-hybridized carbons (Fsp3) is 0.200. The molecule has 0 saturated carbocycles. The standard InChI is InChI=1S/C10H5BrClF3N2O/c11-4-5-1-2-6(7(13)3-5)8-16-9(18-17-8)10(12,14)15/h1-3H,4H2. The maximum absolute atomic E-state index is 13.7. The predicted molar refractivity (Wildman–Crippen MR) is 62.1 cm³/mol. The highest BCUT2D eigenvalue weighted by Crippen LogP contribution is 2.32. The fourth-order valence-electron chi connectivity index (χ4n) is 1.27.